The summed E-state index contributed by atoms with van der Waals surface area (Å²) in [6.07, 6.45) is 0. The first-order chi connectivity index (χ1) is 26.8. The fourth-order valence-corrected chi connectivity index (χ4v) is 9.36. The maximum atomic E-state index is 2.49. The molecule has 0 unspecified atom stereocenters. The van der Waals surface area contributed by atoms with Crippen molar-refractivity contribution < 1.29 is 0 Å². The molecule has 1 nitrogen and oxygen atoms in total. The third-order valence-electron chi connectivity index (χ3n) is 11.7. The van der Waals surface area contributed by atoms with Crippen molar-refractivity contribution in [1.82, 2.24) is 0 Å². The first-order valence-corrected chi connectivity index (χ1v) is 18.8. The highest BCUT2D eigenvalue weighted by Crippen LogP contribution is 2.57. The maximum Gasteiger partial charge on any atom is 0.0714 e. The Morgan fingerprint density at radius 1 is 0.296 bits per heavy atom. The first-order valence-electron chi connectivity index (χ1n) is 18.8. The van der Waals surface area contributed by atoms with Gasteiger partial charge in [-0.15, -0.1) is 0 Å². The highest BCUT2D eigenvalue weighted by Gasteiger charge is 2.46. The Labute approximate surface area is 315 Å². The lowest BCUT2D eigenvalue weighted by Crippen LogP contribution is -2.28. The number of hydrogen-bond donors (Lipinski definition) is 0. The molecule has 1 aliphatic rings. The molecule has 1 heteroatoms. The molecule has 10 aromatic rings. The van der Waals surface area contributed by atoms with E-state index in [4.69, 9.17) is 0 Å². The molecule has 1 aliphatic carbocycles. The SMILES string of the molecule is c1ccc(C2(c3ccccc3)c3ccccc3-c3ccc(N(c4ccc5c(ccc6ccccc65)c4)c4cc5ccccc5c5ccccc45)cc32)cc1. The molecule has 0 radical (unpaired) electrons. The van der Waals surface area contributed by atoms with Crippen LogP contribution in [0.1, 0.15) is 22.3 Å². The van der Waals surface area contributed by atoms with Crippen molar-refractivity contribution >= 4 is 60.2 Å². The quantitative estimate of drug-likeness (QED) is 0.163. The third-order valence-corrected chi connectivity index (χ3v) is 11.7. The van der Waals surface area contributed by atoms with Crippen LogP contribution in [0.3, 0.4) is 0 Å². The summed E-state index contributed by atoms with van der Waals surface area (Å²) in [6, 6.07) is 78.5. The van der Waals surface area contributed by atoms with Crippen LogP contribution >= 0.6 is 0 Å². The van der Waals surface area contributed by atoms with Gasteiger partial charge in [0.1, 0.15) is 0 Å². The summed E-state index contributed by atoms with van der Waals surface area (Å²) >= 11 is 0. The van der Waals surface area contributed by atoms with Crippen LogP contribution in [0.25, 0.3) is 54.2 Å². The highest BCUT2D eigenvalue weighted by atomic mass is 15.1. The summed E-state index contributed by atoms with van der Waals surface area (Å²) in [5.74, 6) is 0. The largest absolute Gasteiger partial charge is 0.310 e. The maximum absolute atomic E-state index is 2.49. The van der Waals surface area contributed by atoms with Gasteiger partial charge in [-0.25, -0.2) is 0 Å². The molecular formula is C53H35N. The van der Waals surface area contributed by atoms with E-state index in [1.54, 1.807) is 0 Å². The molecule has 0 N–H and O–H groups in total. The molecule has 0 aromatic heterocycles. The first kappa shape index (κ1) is 30.6. The van der Waals surface area contributed by atoms with Crippen LogP contribution in [0.2, 0.25) is 0 Å². The fraction of sp³-hybridized carbons (Fsp3) is 0.0189. The van der Waals surface area contributed by atoms with Gasteiger partial charge in [-0.3, -0.25) is 0 Å². The molecule has 0 amide bonds. The zero-order valence-electron chi connectivity index (χ0n) is 29.7. The van der Waals surface area contributed by atoms with Crippen LogP contribution in [0.4, 0.5) is 17.1 Å². The minimum Gasteiger partial charge on any atom is -0.310 e. The zero-order valence-corrected chi connectivity index (χ0v) is 29.7. The Hall–Kier alpha value is -6.96. The van der Waals surface area contributed by atoms with Crippen molar-refractivity contribution in [2.75, 3.05) is 4.90 Å². The van der Waals surface area contributed by atoms with Crippen molar-refractivity contribution in [2.45, 2.75) is 5.41 Å². The topological polar surface area (TPSA) is 3.24 Å². The van der Waals surface area contributed by atoms with Crippen molar-refractivity contribution in [3.63, 3.8) is 0 Å². The molecule has 10 aromatic carbocycles. The smallest absolute Gasteiger partial charge is 0.0714 e. The van der Waals surface area contributed by atoms with Crippen LogP contribution in [0, 0.1) is 0 Å². The van der Waals surface area contributed by atoms with E-state index in [0.717, 1.165) is 17.1 Å². The van der Waals surface area contributed by atoms with E-state index in [1.807, 2.05) is 0 Å². The molecule has 0 heterocycles. The van der Waals surface area contributed by atoms with E-state index in [1.165, 1.54) is 76.5 Å². The molecule has 11 rings (SSSR count). The Morgan fingerprint density at radius 3 is 1.56 bits per heavy atom. The van der Waals surface area contributed by atoms with E-state index in [0.29, 0.717) is 0 Å². The average Bonchev–Trinajstić information content (AvgIpc) is 3.55. The molecule has 0 spiro atoms. The van der Waals surface area contributed by atoms with Gasteiger partial charge in [-0.05, 0) is 101 Å². The number of rotatable bonds is 5. The molecular weight excluding hydrogens is 651 g/mol. The highest BCUT2D eigenvalue weighted by molar-refractivity contribution is 6.15. The van der Waals surface area contributed by atoms with Crippen LogP contribution in [0.15, 0.2) is 212 Å². The van der Waals surface area contributed by atoms with Crippen molar-refractivity contribution in [1.29, 1.82) is 0 Å². The van der Waals surface area contributed by atoms with Gasteiger partial charge in [0.05, 0.1) is 11.1 Å². The van der Waals surface area contributed by atoms with E-state index >= 15 is 0 Å². The minimum atomic E-state index is -0.496. The Bertz CT molecular complexity index is 3010. The molecule has 0 bridgehead atoms. The normalized spacial score (nSPS) is 13.0. The van der Waals surface area contributed by atoms with Crippen LogP contribution in [-0.2, 0) is 5.41 Å². The van der Waals surface area contributed by atoms with E-state index in [9.17, 15) is 0 Å². The third kappa shape index (κ3) is 4.45. The van der Waals surface area contributed by atoms with E-state index in [-0.39, 0.29) is 0 Å². The standard InChI is InChI=1S/C53H35N/c1-3-17-39(18-4-1)53(40-19-5-2-6-20-40)50-26-14-13-24-47(50)48-32-30-42(35-51(48)53)54(41-29-31-45-38(33-41)28-27-36-15-7-9-21-43(36)45)52-34-37-16-8-10-22-44(37)46-23-11-12-25-49(46)52/h1-35H. The second kappa shape index (κ2) is 12.0. The summed E-state index contributed by atoms with van der Waals surface area (Å²) in [5.41, 5.74) is 10.6. The van der Waals surface area contributed by atoms with Gasteiger partial charge < -0.3 is 4.90 Å². The fourth-order valence-electron chi connectivity index (χ4n) is 9.36. The van der Waals surface area contributed by atoms with Gasteiger partial charge in [0, 0.05) is 16.8 Å². The van der Waals surface area contributed by atoms with Gasteiger partial charge in [-0.1, -0.05) is 182 Å². The molecule has 0 aliphatic heterocycles. The lowest BCUT2D eigenvalue weighted by molar-refractivity contribution is 0.768. The van der Waals surface area contributed by atoms with Gasteiger partial charge >= 0.3 is 0 Å². The van der Waals surface area contributed by atoms with Gasteiger partial charge in [-0.2, -0.15) is 0 Å². The number of benzene rings is 10. The Balaban J connectivity index is 1.23. The second-order valence-electron chi connectivity index (χ2n) is 14.4. The lowest BCUT2D eigenvalue weighted by Gasteiger charge is -2.35. The lowest BCUT2D eigenvalue weighted by atomic mass is 9.67. The van der Waals surface area contributed by atoms with Crippen molar-refractivity contribution in [3.05, 3.63) is 235 Å². The summed E-state index contributed by atoms with van der Waals surface area (Å²) < 4.78 is 0. The number of anilines is 3. The van der Waals surface area contributed by atoms with Crippen LogP contribution in [0.5, 0.6) is 0 Å². The summed E-state index contributed by atoms with van der Waals surface area (Å²) in [6.45, 7) is 0. The van der Waals surface area contributed by atoms with Crippen molar-refractivity contribution in [3.8, 4) is 11.1 Å². The summed E-state index contributed by atoms with van der Waals surface area (Å²) in [5, 5.41) is 9.96. The Kier molecular flexibility index (Phi) is 6.84. The van der Waals surface area contributed by atoms with Crippen molar-refractivity contribution in [2.24, 2.45) is 0 Å². The van der Waals surface area contributed by atoms with E-state index in [2.05, 4.69) is 217 Å². The van der Waals surface area contributed by atoms with Gasteiger partial charge in [0.25, 0.3) is 0 Å². The van der Waals surface area contributed by atoms with Gasteiger partial charge in [0.15, 0.2) is 0 Å². The van der Waals surface area contributed by atoms with Gasteiger partial charge in [0.2, 0.25) is 0 Å². The predicted molar refractivity (Wildman–Crippen MR) is 228 cm³/mol. The number of fused-ring (bicyclic) bond motifs is 9. The molecule has 0 saturated heterocycles. The molecule has 252 valence electrons. The molecule has 0 atom stereocenters. The molecule has 54 heavy (non-hydrogen) atoms. The monoisotopic (exact) mass is 685 g/mol. The molecule has 0 saturated carbocycles. The number of hydrogen-bond acceptors (Lipinski definition) is 1. The average molecular weight is 686 g/mol. The predicted octanol–water partition coefficient (Wildman–Crippen LogP) is 14.1. The van der Waals surface area contributed by atoms with E-state index < -0.39 is 5.41 Å². The molecule has 0 fully saturated rings. The number of nitrogens with zero attached hydrogens (tertiary/aromatic N) is 1. The summed E-state index contributed by atoms with van der Waals surface area (Å²) in [7, 11) is 0. The second-order valence-corrected chi connectivity index (χ2v) is 14.4. The van der Waals surface area contributed by atoms with Crippen LogP contribution in [-0.4, -0.2) is 0 Å². The Morgan fingerprint density at radius 2 is 0.796 bits per heavy atom. The summed E-state index contributed by atoms with van der Waals surface area (Å²) in [4.78, 5) is 2.49. The van der Waals surface area contributed by atoms with Crippen LogP contribution < -0.4 is 4.90 Å². The minimum absolute atomic E-state index is 0.496. The zero-order chi connectivity index (χ0) is 35.6.